The Morgan fingerprint density at radius 2 is 1.95 bits per heavy atom. The lowest BCUT2D eigenvalue weighted by atomic mass is 10.0. The van der Waals surface area contributed by atoms with Gasteiger partial charge in [0.25, 0.3) is 0 Å². The Morgan fingerprint density at radius 1 is 1.21 bits per heavy atom. The molecule has 1 N–H and O–H groups in total. The molecule has 0 radical (unpaired) electrons. The van der Waals surface area contributed by atoms with Crippen LogP contribution in [0.3, 0.4) is 0 Å². The fourth-order valence-corrected chi connectivity index (χ4v) is 2.28. The van der Waals surface area contributed by atoms with E-state index < -0.39 is 17.7 Å². The normalized spacial score (nSPS) is 12.5. The molecule has 0 aliphatic carbocycles. The maximum absolute atomic E-state index is 13.8. The van der Waals surface area contributed by atoms with Crippen molar-refractivity contribution in [3.8, 4) is 0 Å². The van der Waals surface area contributed by atoms with E-state index in [2.05, 4.69) is 15.9 Å². The van der Waals surface area contributed by atoms with Crippen molar-refractivity contribution in [3.05, 3.63) is 68.7 Å². The Hall–Kier alpha value is -0.970. The zero-order valence-corrected chi connectivity index (χ0v) is 12.0. The Balaban J connectivity index is 2.23. The number of aliphatic hydroxyl groups is 1. The van der Waals surface area contributed by atoms with Gasteiger partial charge in [-0.2, -0.15) is 0 Å². The summed E-state index contributed by atoms with van der Waals surface area (Å²) in [6, 6.07) is 8.93. The van der Waals surface area contributed by atoms with E-state index in [1.54, 1.807) is 18.2 Å². The minimum atomic E-state index is -1.04. The van der Waals surface area contributed by atoms with E-state index in [0.717, 1.165) is 0 Å². The van der Waals surface area contributed by atoms with E-state index in [1.807, 2.05) is 0 Å². The van der Waals surface area contributed by atoms with Gasteiger partial charge in [-0.3, -0.25) is 0 Å². The first-order valence-electron chi connectivity index (χ1n) is 5.55. The lowest BCUT2D eigenvalue weighted by Crippen LogP contribution is -2.05. The molecule has 0 bridgehead atoms. The molecule has 0 saturated heterocycles. The summed E-state index contributed by atoms with van der Waals surface area (Å²) in [6.07, 6.45) is -0.931. The van der Waals surface area contributed by atoms with Crippen molar-refractivity contribution in [2.24, 2.45) is 0 Å². The van der Waals surface area contributed by atoms with Crippen LogP contribution in [0.4, 0.5) is 8.78 Å². The van der Waals surface area contributed by atoms with Crippen LogP contribution in [-0.2, 0) is 6.42 Å². The summed E-state index contributed by atoms with van der Waals surface area (Å²) in [5, 5.41) is 10.0. The van der Waals surface area contributed by atoms with Crippen LogP contribution in [0.2, 0.25) is 5.02 Å². The van der Waals surface area contributed by atoms with Gasteiger partial charge in [-0.1, -0.05) is 29.8 Å². The number of hydrogen-bond donors (Lipinski definition) is 1. The molecule has 1 atom stereocenters. The minimum absolute atomic E-state index is 0.0203. The Morgan fingerprint density at radius 3 is 2.63 bits per heavy atom. The second kappa shape index (κ2) is 5.99. The minimum Gasteiger partial charge on any atom is -0.388 e. The van der Waals surface area contributed by atoms with Gasteiger partial charge in [0, 0.05) is 12.0 Å². The molecule has 0 aliphatic heterocycles. The van der Waals surface area contributed by atoms with Gasteiger partial charge in [0.15, 0.2) is 0 Å². The highest BCUT2D eigenvalue weighted by Crippen LogP contribution is 2.27. The number of halogens is 4. The highest BCUT2D eigenvalue weighted by atomic mass is 79.9. The Kier molecular flexibility index (Phi) is 4.55. The summed E-state index contributed by atoms with van der Waals surface area (Å²) in [5.41, 5.74) is 0.721. The van der Waals surface area contributed by atoms with Crippen LogP contribution < -0.4 is 0 Å². The molecule has 0 heterocycles. The monoisotopic (exact) mass is 346 g/mol. The lowest BCUT2D eigenvalue weighted by Gasteiger charge is -2.13. The molecule has 2 aromatic rings. The smallest absolute Gasteiger partial charge is 0.143 e. The van der Waals surface area contributed by atoms with E-state index in [0.29, 0.717) is 5.56 Å². The summed E-state index contributed by atoms with van der Waals surface area (Å²) in [6.45, 7) is 0. The molecule has 1 unspecified atom stereocenters. The Labute approximate surface area is 123 Å². The second-order valence-electron chi connectivity index (χ2n) is 4.11. The molecule has 0 aromatic heterocycles. The maximum Gasteiger partial charge on any atom is 0.143 e. The van der Waals surface area contributed by atoms with Crippen LogP contribution in [0, 0.1) is 11.6 Å². The lowest BCUT2D eigenvalue weighted by molar-refractivity contribution is 0.173. The maximum atomic E-state index is 13.8. The van der Waals surface area contributed by atoms with Crippen LogP contribution in [0.15, 0.2) is 40.9 Å². The predicted octanol–water partition coefficient (Wildman–Crippen LogP) is 4.66. The van der Waals surface area contributed by atoms with Crippen LogP contribution in [0.25, 0.3) is 0 Å². The van der Waals surface area contributed by atoms with Gasteiger partial charge < -0.3 is 5.11 Å². The van der Waals surface area contributed by atoms with E-state index >= 15 is 0 Å². The number of rotatable bonds is 3. The van der Waals surface area contributed by atoms with Gasteiger partial charge in [-0.25, -0.2) is 8.78 Å². The van der Waals surface area contributed by atoms with Gasteiger partial charge in [0.1, 0.15) is 11.6 Å². The summed E-state index contributed by atoms with van der Waals surface area (Å²) in [7, 11) is 0. The number of hydrogen-bond acceptors (Lipinski definition) is 1. The van der Waals surface area contributed by atoms with Crippen molar-refractivity contribution in [1.82, 2.24) is 0 Å². The van der Waals surface area contributed by atoms with Crippen molar-refractivity contribution in [1.29, 1.82) is 0 Å². The molecule has 0 amide bonds. The third kappa shape index (κ3) is 3.32. The molecule has 2 aromatic carbocycles. The zero-order valence-electron chi connectivity index (χ0n) is 9.71. The standard InChI is InChI=1S/C14H10BrClF2O/c15-10-3-1-2-9(14(10)18)13(19)7-8-4-5-11(16)12(17)6-8/h1-6,13,19H,7H2. The van der Waals surface area contributed by atoms with E-state index in [4.69, 9.17) is 11.6 Å². The van der Waals surface area contributed by atoms with Crippen molar-refractivity contribution in [2.45, 2.75) is 12.5 Å². The molecule has 100 valence electrons. The quantitative estimate of drug-likeness (QED) is 0.856. The molecule has 5 heteroatoms. The molecular weight excluding hydrogens is 338 g/mol. The highest BCUT2D eigenvalue weighted by molar-refractivity contribution is 9.10. The first-order valence-corrected chi connectivity index (χ1v) is 6.72. The molecule has 0 saturated carbocycles. The van der Waals surface area contributed by atoms with Crippen molar-refractivity contribution in [2.75, 3.05) is 0 Å². The van der Waals surface area contributed by atoms with Crippen molar-refractivity contribution < 1.29 is 13.9 Å². The topological polar surface area (TPSA) is 20.2 Å². The van der Waals surface area contributed by atoms with Crippen LogP contribution in [0.5, 0.6) is 0 Å². The van der Waals surface area contributed by atoms with E-state index in [1.165, 1.54) is 18.2 Å². The number of aliphatic hydroxyl groups excluding tert-OH is 1. The third-order valence-electron chi connectivity index (χ3n) is 2.75. The van der Waals surface area contributed by atoms with Crippen LogP contribution in [-0.4, -0.2) is 5.11 Å². The molecular formula is C14H10BrClF2O. The van der Waals surface area contributed by atoms with Crippen LogP contribution in [0.1, 0.15) is 17.2 Å². The van der Waals surface area contributed by atoms with Crippen LogP contribution >= 0.6 is 27.5 Å². The summed E-state index contributed by atoms with van der Waals surface area (Å²) in [5.74, 6) is -1.06. The molecule has 1 nitrogen and oxygen atoms in total. The summed E-state index contributed by atoms with van der Waals surface area (Å²) >= 11 is 8.63. The van der Waals surface area contributed by atoms with Crippen molar-refractivity contribution in [3.63, 3.8) is 0 Å². The third-order valence-corrected chi connectivity index (χ3v) is 3.67. The molecule has 0 spiro atoms. The molecule has 0 aliphatic rings. The van der Waals surface area contributed by atoms with Gasteiger partial charge >= 0.3 is 0 Å². The largest absolute Gasteiger partial charge is 0.388 e. The average Bonchev–Trinajstić information content (AvgIpc) is 2.37. The van der Waals surface area contributed by atoms with Gasteiger partial charge in [0.2, 0.25) is 0 Å². The first kappa shape index (κ1) is 14.4. The molecule has 2 rings (SSSR count). The second-order valence-corrected chi connectivity index (χ2v) is 5.37. The Bertz CT molecular complexity index is 604. The fraction of sp³-hybridized carbons (Fsp3) is 0.143. The first-order chi connectivity index (χ1) is 8.99. The molecule has 19 heavy (non-hydrogen) atoms. The zero-order chi connectivity index (χ0) is 14.0. The highest BCUT2D eigenvalue weighted by Gasteiger charge is 2.15. The number of benzene rings is 2. The predicted molar refractivity (Wildman–Crippen MR) is 74.2 cm³/mol. The van der Waals surface area contributed by atoms with Gasteiger partial charge in [0.05, 0.1) is 15.6 Å². The van der Waals surface area contributed by atoms with Crippen molar-refractivity contribution >= 4 is 27.5 Å². The van der Waals surface area contributed by atoms with Gasteiger partial charge in [-0.05, 0) is 39.7 Å². The van der Waals surface area contributed by atoms with Gasteiger partial charge in [-0.15, -0.1) is 0 Å². The van der Waals surface area contributed by atoms with E-state index in [9.17, 15) is 13.9 Å². The molecule has 0 fully saturated rings. The summed E-state index contributed by atoms with van der Waals surface area (Å²) in [4.78, 5) is 0. The fourth-order valence-electron chi connectivity index (χ4n) is 1.78. The SMILES string of the molecule is OC(Cc1ccc(Cl)c(F)c1)c1cccc(Br)c1F. The van der Waals surface area contributed by atoms with E-state index in [-0.39, 0.29) is 21.5 Å². The average molecular weight is 348 g/mol. The summed E-state index contributed by atoms with van der Waals surface area (Å²) < 4.78 is 27.4.